The molecule has 0 saturated carbocycles. The number of imidazole rings is 1. The maximum atomic E-state index is 12.2. The summed E-state index contributed by atoms with van der Waals surface area (Å²) in [5.41, 5.74) is 7.09. The first kappa shape index (κ1) is 14.8. The average Bonchev–Trinajstić information content (AvgIpc) is 2.86. The van der Waals surface area contributed by atoms with E-state index in [1.54, 1.807) is 6.92 Å². The summed E-state index contributed by atoms with van der Waals surface area (Å²) in [6.45, 7) is 2.57. The van der Waals surface area contributed by atoms with Crippen LogP contribution in [0.4, 0.5) is 5.82 Å². The molecular formula is C15H16N6O2. The summed E-state index contributed by atoms with van der Waals surface area (Å²) in [6.07, 6.45) is 0. The van der Waals surface area contributed by atoms with E-state index in [1.165, 1.54) is 4.57 Å². The van der Waals surface area contributed by atoms with Crippen LogP contribution in [0.2, 0.25) is 0 Å². The van der Waals surface area contributed by atoms with Crippen molar-refractivity contribution in [2.24, 2.45) is 0 Å². The second kappa shape index (κ2) is 5.91. The van der Waals surface area contributed by atoms with E-state index in [9.17, 15) is 9.59 Å². The molecule has 0 radical (unpaired) electrons. The molecule has 8 heteroatoms. The highest BCUT2D eigenvalue weighted by Crippen LogP contribution is 2.15. The maximum Gasteiger partial charge on any atom is 0.328 e. The molecule has 4 N–H and O–H groups in total. The summed E-state index contributed by atoms with van der Waals surface area (Å²) in [5.74, 6) is -0.418. The molecule has 2 heterocycles. The second-order valence-electron chi connectivity index (χ2n) is 4.99. The Morgan fingerprint density at radius 2 is 2.04 bits per heavy atom. The number of nitrogens with one attached hydrogen (secondary N) is 2. The van der Waals surface area contributed by atoms with Crippen molar-refractivity contribution in [2.45, 2.75) is 13.5 Å². The number of rotatable bonds is 4. The third kappa shape index (κ3) is 2.78. The van der Waals surface area contributed by atoms with Crippen molar-refractivity contribution in [3.05, 3.63) is 52.2 Å². The van der Waals surface area contributed by atoms with Crippen molar-refractivity contribution in [2.75, 3.05) is 12.3 Å². The van der Waals surface area contributed by atoms with Crippen LogP contribution in [0.3, 0.4) is 0 Å². The zero-order valence-corrected chi connectivity index (χ0v) is 12.5. The molecular weight excluding hydrogens is 296 g/mol. The molecule has 2 aromatic heterocycles. The molecule has 3 aromatic rings. The van der Waals surface area contributed by atoms with Crippen molar-refractivity contribution in [1.82, 2.24) is 24.8 Å². The molecule has 0 unspecified atom stereocenters. The highest BCUT2D eigenvalue weighted by molar-refractivity contribution is 5.94. The molecule has 23 heavy (non-hydrogen) atoms. The Balaban J connectivity index is 2.12. The Hall–Kier alpha value is -3.16. The average molecular weight is 312 g/mol. The molecule has 1 aromatic carbocycles. The van der Waals surface area contributed by atoms with Gasteiger partial charge in [-0.15, -0.1) is 0 Å². The van der Waals surface area contributed by atoms with E-state index >= 15 is 0 Å². The van der Waals surface area contributed by atoms with Crippen LogP contribution < -0.4 is 16.7 Å². The Labute approximate surface area is 131 Å². The van der Waals surface area contributed by atoms with Gasteiger partial charge in [-0.1, -0.05) is 30.3 Å². The predicted octanol–water partition coefficient (Wildman–Crippen LogP) is 0.500. The fraction of sp³-hybridized carbons (Fsp3) is 0.200. The minimum absolute atomic E-state index is 0.0577. The first-order valence-corrected chi connectivity index (χ1v) is 7.18. The lowest BCUT2D eigenvalue weighted by Crippen LogP contribution is -2.25. The number of nitrogens with zero attached hydrogens (tertiary/aromatic N) is 3. The Kier molecular flexibility index (Phi) is 3.80. The van der Waals surface area contributed by atoms with Gasteiger partial charge in [-0.05, 0) is 12.5 Å². The van der Waals surface area contributed by atoms with Gasteiger partial charge in [0.15, 0.2) is 11.5 Å². The van der Waals surface area contributed by atoms with Gasteiger partial charge in [-0.25, -0.2) is 14.8 Å². The normalized spacial score (nSPS) is 10.8. The number of aromatic amines is 1. The maximum absolute atomic E-state index is 12.2. The van der Waals surface area contributed by atoms with Crippen LogP contribution in [0.15, 0.2) is 35.1 Å². The standard InChI is InChI=1S/C15H16N6O2/c1-2-17-14(22)12-19-11(16)10-13(20-12)21(15(23)18-10)8-9-6-4-3-5-7-9/h3-7H,2,8H2,1H3,(H,17,22)(H,18,23)(H2,16,19,20). The van der Waals surface area contributed by atoms with Crippen LogP contribution >= 0.6 is 0 Å². The summed E-state index contributed by atoms with van der Waals surface area (Å²) < 4.78 is 1.44. The van der Waals surface area contributed by atoms with E-state index in [1.807, 2.05) is 30.3 Å². The van der Waals surface area contributed by atoms with Crippen molar-refractivity contribution in [3.8, 4) is 0 Å². The summed E-state index contributed by atoms with van der Waals surface area (Å²) >= 11 is 0. The van der Waals surface area contributed by atoms with E-state index in [0.717, 1.165) is 5.56 Å². The fourth-order valence-electron chi connectivity index (χ4n) is 2.31. The van der Waals surface area contributed by atoms with E-state index in [0.29, 0.717) is 24.3 Å². The molecule has 1 amide bonds. The van der Waals surface area contributed by atoms with Gasteiger partial charge < -0.3 is 16.0 Å². The number of H-pyrrole nitrogens is 1. The number of nitrogen functional groups attached to an aromatic ring is 1. The minimum atomic E-state index is -0.430. The summed E-state index contributed by atoms with van der Waals surface area (Å²) in [4.78, 5) is 34.9. The number of fused-ring (bicyclic) bond motifs is 1. The highest BCUT2D eigenvalue weighted by atomic mass is 16.2. The summed E-state index contributed by atoms with van der Waals surface area (Å²) in [7, 11) is 0. The molecule has 0 fully saturated rings. The van der Waals surface area contributed by atoms with E-state index in [2.05, 4.69) is 20.3 Å². The monoisotopic (exact) mass is 312 g/mol. The van der Waals surface area contributed by atoms with E-state index in [-0.39, 0.29) is 17.3 Å². The molecule has 0 aliphatic carbocycles. The lowest BCUT2D eigenvalue weighted by molar-refractivity contribution is 0.0946. The van der Waals surface area contributed by atoms with Crippen LogP contribution in [0.1, 0.15) is 23.1 Å². The molecule has 0 aliphatic rings. The van der Waals surface area contributed by atoms with Gasteiger partial charge >= 0.3 is 5.69 Å². The van der Waals surface area contributed by atoms with Crippen LogP contribution in [0.25, 0.3) is 11.2 Å². The van der Waals surface area contributed by atoms with Crippen LogP contribution in [0, 0.1) is 0 Å². The van der Waals surface area contributed by atoms with Crippen molar-refractivity contribution in [3.63, 3.8) is 0 Å². The predicted molar refractivity (Wildman–Crippen MR) is 86.1 cm³/mol. The Morgan fingerprint density at radius 1 is 1.30 bits per heavy atom. The number of anilines is 1. The second-order valence-corrected chi connectivity index (χ2v) is 4.99. The van der Waals surface area contributed by atoms with Gasteiger partial charge in [0.25, 0.3) is 5.91 Å². The molecule has 0 spiro atoms. The van der Waals surface area contributed by atoms with Crippen LogP contribution in [-0.2, 0) is 6.54 Å². The van der Waals surface area contributed by atoms with Gasteiger partial charge in [-0.2, -0.15) is 0 Å². The number of hydrogen-bond donors (Lipinski definition) is 3. The third-order valence-electron chi connectivity index (χ3n) is 3.37. The van der Waals surface area contributed by atoms with Gasteiger partial charge in [0.05, 0.1) is 6.54 Å². The first-order valence-electron chi connectivity index (χ1n) is 7.18. The molecule has 8 nitrogen and oxygen atoms in total. The first-order chi connectivity index (χ1) is 11.1. The largest absolute Gasteiger partial charge is 0.382 e. The molecule has 3 rings (SSSR count). The number of carbonyl (C=O) groups excluding carboxylic acids is 1. The molecule has 118 valence electrons. The number of hydrogen-bond acceptors (Lipinski definition) is 5. The molecule has 0 bridgehead atoms. The number of aromatic nitrogens is 4. The molecule has 0 aliphatic heterocycles. The Morgan fingerprint density at radius 3 is 2.74 bits per heavy atom. The number of amides is 1. The fourth-order valence-corrected chi connectivity index (χ4v) is 2.31. The third-order valence-corrected chi connectivity index (χ3v) is 3.37. The number of benzene rings is 1. The molecule has 0 atom stereocenters. The van der Waals surface area contributed by atoms with E-state index < -0.39 is 5.91 Å². The lowest BCUT2D eigenvalue weighted by atomic mass is 10.2. The topological polar surface area (TPSA) is 119 Å². The van der Waals surface area contributed by atoms with Gasteiger partial charge in [0, 0.05) is 6.54 Å². The Bertz CT molecular complexity index is 913. The van der Waals surface area contributed by atoms with Crippen molar-refractivity contribution < 1.29 is 4.79 Å². The van der Waals surface area contributed by atoms with Gasteiger partial charge in [0.2, 0.25) is 5.82 Å². The lowest BCUT2D eigenvalue weighted by Gasteiger charge is -2.05. The smallest absolute Gasteiger partial charge is 0.328 e. The van der Waals surface area contributed by atoms with Gasteiger partial charge in [0.1, 0.15) is 5.52 Å². The quantitative estimate of drug-likeness (QED) is 0.648. The number of carbonyl (C=O) groups is 1. The van der Waals surface area contributed by atoms with Gasteiger partial charge in [-0.3, -0.25) is 9.36 Å². The van der Waals surface area contributed by atoms with Crippen LogP contribution in [0.5, 0.6) is 0 Å². The van der Waals surface area contributed by atoms with Crippen LogP contribution in [-0.4, -0.2) is 32.0 Å². The number of nitrogens with two attached hydrogens (primary N) is 1. The summed E-state index contributed by atoms with van der Waals surface area (Å²) in [6, 6.07) is 9.48. The SMILES string of the molecule is CCNC(=O)c1nc(N)c2[nH]c(=O)n(Cc3ccccc3)c2n1. The molecule has 0 saturated heterocycles. The minimum Gasteiger partial charge on any atom is -0.382 e. The van der Waals surface area contributed by atoms with Crippen molar-refractivity contribution in [1.29, 1.82) is 0 Å². The van der Waals surface area contributed by atoms with Crippen molar-refractivity contribution >= 4 is 22.9 Å². The summed E-state index contributed by atoms with van der Waals surface area (Å²) in [5, 5.41) is 2.61. The highest BCUT2D eigenvalue weighted by Gasteiger charge is 2.17. The zero-order chi connectivity index (χ0) is 16.4. The van der Waals surface area contributed by atoms with E-state index in [4.69, 9.17) is 5.73 Å². The zero-order valence-electron chi connectivity index (χ0n) is 12.5.